The first-order valence-corrected chi connectivity index (χ1v) is 4.11. The molecule has 0 aromatic heterocycles. The maximum absolute atomic E-state index is 11.2. The first-order valence-electron chi connectivity index (χ1n) is 4.11. The Balaban J connectivity index is 2.64. The number of nitrogens with zero attached hydrogens (tertiary/aromatic N) is 1. The molecular weight excluding hydrogens is 202 g/mol. The Morgan fingerprint density at radius 1 is 1.33 bits per heavy atom. The zero-order valence-corrected chi connectivity index (χ0v) is 7.43. The second-order valence-electron chi connectivity index (χ2n) is 3.00. The summed E-state index contributed by atoms with van der Waals surface area (Å²) in [5, 5.41) is 10.6. The fourth-order valence-electron chi connectivity index (χ4n) is 1.46. The van der Waals surface area contributed by atoms with Crippen LogP contribution < -0.4 is 0 Å². The van der Waals surface area contributed by atoms with E-state index in [1.54, 1.807) is 0 Å². The quantitative estimate of drug-likeness (QED) is 0.294. The monoisotopic (exact) mass is 207 g/mol. The van der Waals surface area contributed by atoms with Gasteiger partial charge in [-0.15, -0.1) is 0 Å². The minimum absolute atomic E-state index is 0.0869. The second-order valence-corrected chi connectivity index (χ2v) is 3.00. The molecule has 2 rings (SSSR count). The van der Waals surface area contributed by atoms with E-state index in [0.717, 1.165) is 0 Å². The van der Waals surface area contributed by atoms with E-state index in [1.807, 2.05) is 0 Å². The van der Waals surface area contributed by atoms with Crippen LogP contribution in [0.3, 0.4) is 0 Å². The number of nitro benzene ring substituents is 1. The lowest BCUT2D eigenvalue weighted by atomic mass is 10.0. The van der Waals surface area contributed by atoms with Crippen LogP contribution in [0.1, 0.15) is 15.9 Å². The third-order valence-corrected chi connectivity index (χ3v) is 2.10. The number of carbonyl (C=O) groups is 2. The van der Waals surface area contributed by atoms with E-state index >= 15 is 0 Å². The lowest BCUT2D eigenvalue weighted by molar-refractivity contribution is -0.385. The van der Waals surface area contributed by atoms with Crippen LogP contribution in [-0.2, 0) is 16.0 Å². The summed E-state index contributed by atoms with van der Waals surface area (Å²) in [5.41, 5.74) is -0.00921. The number of ether oxygens (including phenoxy) is 1. The van der Waals surface area contributed by atoms with E-state index in [4.69, 9.17) is 0 Å². The van der Waals surface area contributed by atoms with Crippen molar-refractivity contribution >= 4 is 17.6 Å². The lowest BCUT2D eigenvalue weighted by Crippen LogP contribution is -2.23. The van der Waals surface area contributed by atoms with Crippen molar-refractivity contribution in [2.24, 2.45) is 0 Å². The Morgan fingerprint density at radius 3 is 2.73 bits per heavy atom. The summed E-state index contributed by atoms with van der Waals surface area (Å²) in [6, 6.07) is 4.04. The Kier molecular flexibility index (Phi) is 1.96. The Labute approximate surface area is 83.6 Å². The maximum Gasteiger partial charge on any atom is 0.346 e. The van der Waals surface area contributed by atoms with Gasteiger partial charge in [0, 0.05) is 6.07 Å². The largest absolute Gasteiger partial charge is 0.389 e. The van der Waals surface area contributed by atoms with E-state index < -0.39 is 16.9 Å². The van der Waals surface area contributed by atoms with Gasteiger partial charge in [0.1, 0.15) is 0 Å². The molecule has 0 fully saturated rings. The number of fused-ring (bicyclic) bond motifs is 1. The molecule has 76 valence electrons. The number of hydrogen-bond donors (Lipinski definition) is 0. The van der Waals surface area contributed by atoms with Crippen LogP contribution in [0.5, 0.6) is 0 Å². The number of benzene rings is 1. The molecule has 1 aromatic rings. The van der Waals surface area contributed by atoms with Crippen LogP contribution in [0.4, 0.5) is 5.69 Å². The number of rotatable bonds is 1. The predicted molar refractivity (Wildman–Crippen MR) is 47.2 cm³/mol. The summed E-state index contributed by atoms with van der Waals surface area (Å²) in [5.74, 6) is -1.59. The summed E-state index contributed by atoms with van der Waals surface area (Å²) >= 11 is 0. The van der Waals surface area contributed by atoms with Crippen LogP contribution in [0.15, 0.2) is 18.2 Å². The van der Waals surface area contributed by atoms with Crippen LogP contribution in [-0.4, -0.2) is 16.9 Å². The molecule has 0 amide bonds. The minimum Gasteiger partial charge on any atom is -0.389 e. The standard InChI is InChI=1S/C9H5NO5/c11-8-4-6-5(9(12)15-8)2-1-3-7(6)10(13)14/h1-3H,4H2. The molecule has 0 saturated heterocycles. The number of nitro groups is 1. The highest BCUT2D eigenvalue weighted by molar-refractivity contribution is 6.03. The van der Waals surface area contributed by atoms with Crippen molar-refractivity contribution in [2.75, 3.05) is 0 Å². The Bertz CT molecular complexity index is 465. The normalized spacial score (nSPS) is 14.4. The second kappa shape index (κ2) is 3.16. The van der Waals surface area contributed by atoms with Gasteiger partial charge < -0.3 is 4.74 Å². The van der Waals surface area contributed by atoms with E-state index in [2.05, 4.69) is 4.74 Å². The molecule has 15 heavy (non-hydrogen) atoms. The number of cyclic esters (lactones) is 2. The van der Waals surface area contributed by atoms with Gasteiger partial charge in [-0.1, -0.05) is 6.07 Å². The Morgan fingerprint density at radius 2 is 2.07 bits per heavy atom. The first-order chi connectivity index (χ1) is 7.09. The SMILES string of the molecule is O=C1Cc2c(cccc2[N+](=O)[O-])C(=O)O1. The molecule has 6 heteroatoms. The highest BCUT2D eigenvalue weighted by Crippen LogP contribution is 2.26. The van der Waals surface area contributed by atoms with E-state index in [9.17, 15) is 19.7 Å². The van der Waals surface area contributed by atoms with E-state index in [1.165, 1.54) is 18.2 Å². The molecule has 6 nitrogen and oxygen atoms in total. The van der Waals surface area contributed by atoms with Gasteiger partial charge in [0.05, 0.1) is 22.5 Å². The van der Waals surface area contributed by atoms with Crippen molar-refractivity contribution in [3.05, 3.63) is 39.4 Å². The van der Waals surface area contributed by atoms with Gasteiger partial charge >= 0.3 is 11.9 Å². The van der Waals surface area contributed by atoms with Gasteiger partial charge in [-0.25, -0.2) is 4.79 Å². The number of hydrogen-bond acceptors (Lipinski definition) is 5. The molecule has 1 aliphatic heterocycles. The lowest BCUT2D eigenvalue weighted by Gasteiger charge is -2.13. The van der Waals surface area contributed by atoms with Crippen molar-refractivity contribution in [3.63, 3.8) is 0 Å². The number of carbonyl (C=O) groups excluding carboxylic acids is 2. The van der Waals surface area contributed by atoms with Crippen molar-refractivity contribution in [2.45, 2.75) is 6.42 Å². The molecule has 1 heterocycles. The highest BCUT2D eigenvalue weighted by Gasteiger charge is 2.30. The third kappa shape index (κ3) is 1.45. The Hall–Kier alpha value is -2.24. The van der Waals surface area contributed by atoms with Gasteiger partial charge in [-0.3, -0.25) is 14.9 Å². The van der Waals surface area contributed by atoms with E-state index in [-0.39, 0.29) is 23.2 Å². The predicted octanol–water partition coefficient (Wildman–Crippen LogP) is 0.834. The summed E-state index contributed by atoms with van der Waals surface area (Å²) in [7, 11) is 0. The van der Waals surface area contributed by atoms with Crippen LogP contribution in [0.2, 0.25) is 0 Å². The molecule has 0 bridgehead atoms. The zero-order chi connectivity index (χ0) is 11.0. The molecule has 0 unspecified atom stereocenters. The van der Waals surface area contributed by atoms with Gasteiger partial charge in [0.25, 0.3) is 5.69 Å². The minimum atomic E-state index is -0.829. The van der Waals surface area contributed by atoms with Gasteiger partial charge in [0.15, 0.2) is 0 Å². The van der Waals surface area contributed by atoms with Crippen molar-refractivity contribution in [1.29, 1.82) is 0 Å². The van der Waals surface area contributed by atoms with Crippen LogP contribution >= 0.6 is 0 Å². The summed E-state index contributed by atoms with van der Waals surface area (Å²) in [6.45, 7) is 0. The fraction of sp³-hybridized carbons (Fsp3) is 0.111. The smallest absolute Gasteiger partial charge is 0.346 e. The van der Waals surface area contributed by atoms with Crippen LogP contribution in [0, 0.1) is 10.1 Å². The molecule has 1 aliphatic rings. The molecule has 0 atom stereocenters. The van der Waals surface area contributed by atoms with Gasteiger partial charge in [0.2, 0.25) is 0 Å². The number of esters is 2. The molecule has 0 N–H and O–H groups in total. The molecule has 0 spiro atoms. The fourth-order valence-corrected chi connectivity index (χ4v) is 1.46. The van der Waals surface area contributed by atoms with E-state index in [0.29, 0.717) is 0 Å². The zero-order valence-electron chi connectivity index (χ0n) is 7.43. The summed E-state index contributed by atoms with van der Waals surface area (Å²) in [6.07, 6.45) is -0.238. The van der Waals surface area contributed by atoms with Crippen molar-refractivity contribution in [1.82, 2.24) is 0 Å². The molecule has 0 aliphatic carbocycles. The molecule has 0 saturated carbocycles. The van der Waals surface area contributed by atoms with Crippen molar-refractivity contribution < 1.29 is 19.2 Å². The van der Waals surface area contributed by atoms with Crippen LogP contribution in [0.25, 0.3) is 0 Å². The van der Waals surface area contributed by atoms with Gasteiger partial charge in [-0.05, 0) is 6.07 Å². The first kappa shape index (κ1) is 9.32. The molecular formula is C9H5NO5. The summed E-state index contributed by atoms with van der Waals surface area (Å²) < 4.78 is 4.35. The van der Waals surface area contributed by atoms with Gasteiger partial charge in [-0.2, -0.15) is 0 Å². The topological polar surface area (TPSA) is 86.5 Å². The molecule has 1 aromatic carbocycles. The van der Waals surface area contributed by atoms with Crippen molar-refractivity contribution in [3.8, 4) is 0 Å². The highest BCUT2D eigenvalue weighted by atomic mass is 16.6. The average molecular weight is 207 g/mol. The maximum atomic E-state index is 11.2. The average Bonchev–Trinajstić information content (AvgIpc) is 2.16. The summed E-state index contributed by atoms with van der Waals surface area (Å²) in [4.78, 5) is 32.2. The third-order valence-electron chi connectivity index (χ3n) is 2.10. The molecule has 0 radical (unpaired) electrons.